The predicted molar refractivity (Wildman–Crippen MR) is 144 cm³/mol. The molecule has 0 saturated carbocycles. The van der Waals surface area contributed by atoms with Crippen molar-refractivity contribution in [2.24, 2.45) is 7.05 Å². The van der Waals surface area contributed by atoms with Crippen molar-refractivity contribution in [3.05, 3.63) is 88.8 Å². The number of hydrogen-bond acceptors (Lipinski definition) is 6. The van der Waals surface area contributed by atoms with Gasteiger partial charge in [0.1, 0.15) is 40.6 Å². The van der Waals surface area contributed by atoms with Crippen LogP contribution in [-0.4, -0.2) is 51.2 Å². The molecule has 9 nitrogen and oxygen atoms in total. The third kappa shape index (κ3) is 5.32. The number of carbonyl (C=O) groups is 2. The van der Waals surface area contributed by atoms with Gasteiger partial charge in [-0.05, 0) is 44.2 Å². The molecule has 1 unspecified atom stereocenters. The zero-order chi connectivity index (χ0) is 29.3. The predicted octanol–water partition coefficient (Wildman–Crippen LogP) is 5.00. The van der Waals surface area contributed by atoms with Crippen LogP contribution in [0.25, 0.3) is 22.1 Å². The van der Waals surface area contributed by atoms with Crippen molar-refractivity contribution in [1.29, 1.82) is 0 Å². The summed E-state index contributed by atoms with van der Waals surface area (Å²) in [6, 6.07) is 12.2. The Morgan fingerprint density at radius 3 is 2.63 bits per heavy atom. The molecular formula is C29H26F3N5O4. The summed E-state index contributed by atoms with van der Waals surface area (Å²) in [5.41, 5.74) is 1.29. The van der Waals surface area contributed by atoms with Gasteiger partial charge in [0.15, 0.2) is 17.5 Å². The summed E-state index contributed by atoms with van der Waals surface area (Å²) in [7, 11) is 1.75. The van der Waals surface area contributed by atoms with Crippen LogP contribution in [0.4, 0.5) is 13.2 Å². The number of halogens is 3. The van der Waals surface area contributed by atoms with E-state index in [1.165, 1.54) is 0 Å². The van der Waals surface area contributed by atoms with Gasteiger partial charge in [-0.15, -0.1) is 0 Å². The van der Waals surface area contributed by atoms with Crippen LogP contribution in [0.1, 0.15) is 52.1 Å². The van der Waals surface area contributed by atoms with Crippen LogP contribution >= 0.6 is 0 Å². The molecule has 5 rings (SSSR count). The zero-order valence-corrected chi connectivity index (χ0v) is 22.4. The maximum atomic E-state index is 14.2. The molecule has 0 aliphatic rings. The molecule has 0 saturated heterocycles. The number of hydrogen-bond donors (Lipinski definition) is 2. The topological polar surface area (TPSA) is 111 Å². The van der Waals surface area contributed by atoms with E-state index in [4.69, 9.17) is 9.47 Å². The number of ether oxygens (including phenoxy) is 2. The fraction of sp³-hybridized carbons (Fsp3) is 0.241. The van der Waals surface area contributed by atoms with Crippen molar-refractivity contribution in [2.45, 2.75) is 19.8 Å². The Bertz CT molecular complexity index is 1780. The van der Waals surface area contributed by atoms with Gasteiger partial charge in [0.2, 0.25) is 0 Å². The molecule has 0 radical (unpaired) electrons. The molecule has 3 aromatic carbocycles. The summed E-state index contributed by atoms with van der Waals surface area (Å²) >= 11 is 0. The second-order valence-electron chi connectivity index (χ2n) is 9.28. The first-order valence-electron chi connectivity index (χ1n) is 12.9. The van der Waals surface area contributed by atoms with E-state index in [1.807, 2.05) is 0 Å². The first kappa shape index (κ1) is 27.7. The normalized spacial score (nSPS) is 12.0. The van der Waals surface area contributed by atoms with E-state index in [2.05, 4.69) is 20.3 Å². The number of benzene rings is 3. The van der Waals surface area contributed by atoms with Gasteiger partial charge < -0.3 is 24.3 Å². The van der Waals surface area contributed by atoms with Crippen molar-refractivity contribution >= 4 is 33.9 Å². The summed E-state index contributed by atoms with van der Waals surface area (Å²) in [6.07, 6.45) is 0. The Hall–Kier alpha value is -4.87. The first-order chi connectivity index (χ1) is 19.7. The van der Waals surface area contributed by atoms with Crippen LogP contribution < -0.4 is 10.1 Å². The lowest BCUT2D eigenvalue weighted by Crippen LogP contribution is -2.28. The molecule has 5 aromatic rings. The van der Waals surface area contributed by atoms with Crippen molar-refractivity contribution in [1.82, 2.24) is 24.8 Å². The lowest BCUT2D eigenvalue weighted by Gasteiger charge is -2.11. The number of imidazole rings is 2. The van der Waals surface area contributed by atoms with Crippen molar-refractivity contribution in [2.75, 3.05) is 19.8 Å². The first-order valence-corrected chi connectivity index (χ1v) is 12.9. The Morgan fingerprint density at radius 2 is 1.85 bits per heavy atom. The zero-order valence-electron chi connectivity index (χ0n) is 22.4. The van der Waals surface area contributed by atoms with Gasteiger partial charge >= 0.3 is 5.97 Å². The Kier molecular flexibility index (Phi) is 7.64. The summed E-state index contributed by atoms with van der Waals surface area (Å²) in [5, 5.41) is 2.79. The standard InChI is InChI=1S/C29H26F3N5O4/c1-4-40-29(39)17-7-5-6-8-22(17)41-12-11-33-28(38)16-9-10-20-21(13-16)37(3)27(34-20)15(2)26-35-24-19(31)14-18(30)23(32)25(24)36-26/h5-10,13-15H,4,11-12H2,1-3H3,(H,33,38)(H,35,36). The number of amides is 1. The van der Waals surface area contributed by atoms with Crippen LogP contribution in [-0.2, 0) is 11.8 Å². The number of rotatable bonds is 9. The number of aromatic nitrogens is 4. The smallest absolute Gasteiger partial charge is 0.341 e. The van der Waals surface area contributed by atoms with Gasteiger partial charge in [-0.2, -0.15) is 0 Å². The minimum absolute atomic E-state index is 0.125. The molecule has 2 aromatic heterocycles. The molecule has 1 amide bonds. The molecular weight excluding hydrogens is 539 g/mol. The van der Waals surface area contributed by atoms with E-state index in [-0.39, 0.29) is 42.5 Å². The van der Waals surface area contributed by atoms with Gasteiger partial charge in [-0.1, -0.05) is 12.1 Å². The van der Waals surface area contributed by atoms with Gasteiger partial charge in [0, 0.05) is 18.7 Å². The largest absolute Gasteiger partial charge is 0.491 e. The molecule has 1 atom stereocenters. The average molecular weight is 566 g/mol. The molecule has 212 valence electrons. The monoisotopic (exact) mass is 565 g/mol. The molecule has 12 heteroatoms. The Balaban J connectivity index is 1.29. The number of carbonyl (C=O) groups excluding carboxylic acids is 2. The summed E-state index contributed by atoms with van der Waals surface area (Å²) in [4.78, 5) is 36.4. The van der Waals surface area contributed by atoms with Crippen LogP contribution in [0.3, 0.4) is 0 Å². The Labute approximate surface area is 232 Å². The second kappa shape index (κ2) is 11.3. The van der Waals surface area contributed by atoms with E-state index >= 15 is 0 Å². The minimum Gasteiger partial charge on any atom is -0.491 e. The molecule has 0 bridgehead atoms. The van der Waals surface area contributed by atoms with E-state index < -0.39 is 29.3 Å². The average Bonchev–Trinajstić information content (AvgIpc) is 3.56. The summed E-state index contributed by atoms with van der Waals surface area (Å²) in [5.74, 6) is -3.75. The van der Waals surface area contributed by atoms with Crippen molar-refractivity contribution in [3.63, 3.8) is 0 Å². The van der Waals surface area contributed by atoms with Gasteiger partial charge in [0.25, 0.3) is 5.91 Å². The number of para-hydroxylation sites is 1. The third-order valence-electron chi connectivity index (χ3n) is 6.63. The number of aromatic amines is 1. The maximum absolute atomic E-state index is 14.2. The van der Waals surface area contributed by atoms with E-state index in [1.54, 1.807) is 67.9 Å². The third-order valence-corrected chi connectivity index (χ3v) is 6.63. The highest BCUT2D eigenvalue weighted by atomic mass is 19.2. The molecule has 0 spiro atoms. The molecule has 0 aliphatic carbocycles. The minimum atomic E-state index is -1.31. The van der Waals surface area contributed by atoms with Crippen LogP contribution in [0.15, 0.2) is 48.5 Å². The molecule has 0 fully saturated rings. The number of nitrogens with zero attached hydrogens (tertiary/aromatic N) is 3. The molecule has 0 aliphatic heterocycles. The van der Waals surface area contributed by atoms with E-state index in [0.29, 0.717) is 39.8 Å². The number of H-pyrrole nitrogens is 1. The van der Waals surface area contributed by atoms with Crippen LogP contribution in [0.5, 0.6) is 5.75 Å². The quantitative estimate of drug-likeness (QED) is 0.148. The summed E-state index contributed by atoms with van der Waals surface area (Å²) < 4.78 is 54.5. The van der Waals surface area contributed by atoms with Gasteiger partial charge in [-0.3, -0.25) is 4.79 Å². The SMILES string of the molecule is CCOC(=O)c1ccccc1OCCNC(=O)c1ccc2nc(C(C)c3nc4c(F)cc(F)c(F)c4[nH]3)n(C)c2c1. The van der Waals surface area contributed by atoms with E-state index in [9.17, 15) is 22.8 Å². The lowest BCUT2D eigenvalue weighted by molar-refractivity contribution is 0.0521. The Morgan fingerprint density at radius 1 is 1.07 bits per heavy atom. The summed E-state index contributed by atoms with van der Waals surface area (Å²) in [6.45, 7) is 4.02. The molecule has 2 heterocycles. The van der Waals surface area contributed by atoms with Crippen molar-refractivity contribution < 1.29 is 32.2 Å². The van der Waals surface area contributed by atoms with Crippen LogP contribution in [0, 0.1) is 17.5 Å². The fourth-order valence-corrected chi connectivity index (χ4v) is 4.55. The van der Waals surface area contributed by atoms with Crippen LogP contribution in [0.2, 0.25) is 0 Å². The molecule has 41 heavy (non-hydrogen) atoms. The fourth-order valence-electron chi connectivity index (χ4n) is 4.55. The lowest BCUT2D eigenvalue weighted by atomic mass is 10.1. The van der Waals surface area contributed by atoms with Gasteiger partial charge in [-0.25, -0.2) is 27.9 Å². The number of fused-ring (bicyclic) bond motifs is 2. The van der Waals surface area contributed by atoms with E-state index in [0.717, 1.165) is 0 Å². The highest BCUT2D eigenvalue weighted by Crippen LogP contribution is 2.29. The molecule has 2 N–H and O–H groups in total. The highest BCUT2D eigenvalue weighted by molar-refractivity contribution is 5.97. The highest BCUT2D eigenvalue weighted by Gasteiger charge is 2.23. The second-order valence-corrected chi connectivity index (χ2v) is 9.28. The maximum Gasteiger partial charge on any atom is 0.341 e. The number of nitrogens with one attached hydrogen (secondary N) is 2. The number of aryl methyl sites for hydroxylation is 1. The van der Waals surface area contributed by atoms with Gasteiger partial charge in [0.05, 0.1) is 30.1 Å². The number of esters is 1. The van der Waals surface area contributed by atoms with Crippen molar-refractivity contribution in [3.8, 4) is 5.75 Å².